The fourth-order valence-electron chi connectivity index (χ4n) is 10.9. The number of benzene rings is 3. The number of nitrogens with two attached hydrogens (primary N) is 2. The SMILES string of the molecule is C#CCCC(=O)N[C@H](C(=O)N[C@@H]1CSCc2ccccc2CSC[C@H](C(=O)N[C@@H](Cc2ccccc2)C(=O)N[C@@H](Cc2cnc[nH]2)C(=O)N[C@@H](CCC)C(=O)N[C@@H](Cc2c[nH]c3ccccc23)C(=O)N[C@@H](Cc2cnc[nH]2)C(N)=O)NC(=O)[C@H](C)NC(=O)[C@H](CCOCN)NC1=O)C(C)C. The third kappa shape index (κ3) is 23.9. The van der Waals surface area contributed by atoms with E-state index in [1.165, 1.54) is 55.5 Å². The van der Waals surface area contributed by atoms with Gasteiger partial charge in [-0.05, 0) is 47.6 Å². The zero-order valence-corrected chi connectivity index (χ0v) is 57.8. The molecule has 31 heteroatoms. The van der Waals surface area contributed by atoms with Crippen molar-refractivity contribution in [2.24, 2.45) is 17.4 Å². The second-order valence-electron chi connectivity index (χ2n) is 24.4. The van der Waals surface area contributed by atoms with Crippen molar-refractivity contribution in [2.75, 3.05) is 24.8 Å². The number of nitrogens with one attached hydrogen (secondary N) is 13. The van der Waals surface area contributed by atoms with E-state index in [4.69, 9.17) is 22.6 Å². The van der Waals surface area contributed by atoms with Crippen LogP contribution in [0.25, 0.3) is 10.9 Å². The molecule has 0 fully saturated rings. The van der Waals surface area contributed by atoms with Gasteiger partial charge in [-0.1, -0.05) is 100.0 Å². The Morgan fingerprint density at radius 1 is 0.660 bits per heavy atom. The number of amides is 11. The summed E-state index contributed by atoms with van der Waals surface area (Å²) in [6, 6.07) is 10.6. The molecule has 29 nitrogen and oxygen atoms in total. The van der Waals surface area contributed by atoms with Gasteiger partial charge in [0.2, 0.25) is 65.0 Å². The number of aromatic amines is 3. The molecule has 0 saturated carbocycles. The molecule has 10 atom stereocenters. The van der Waals surface area contributed by atoms with Gasteiger partial charge in [0, 0.05) is 109 Å². The number of nitrogens with zero attached hydrogens (tertiary/aromatic N) is 2. The molecule has 11 amide bonds. The third-order valence-corrected chi connectivity index (χ3v) is 18.6. The lowest BCUT2D eigenvalue weighted by Crippen LogP contribution is -2.61. The second kappa shape index (κ2) is 39.5. The van der Waals surface area contributed by atoms with Crippen LogP contribution < -0.4 is 64.6 Å². The first-order chi connectivity index (χ1) is 48.1. The van der Waals surface area contributed by atoms with E-state index in [9.17, 15) is 43.2 Å². The summed E-state index contributed by atoms with van der Waals surface area (Å²) in [4.78, 5) is 173. The maximum absolute atomic E-state index is 15.1. The number of imidazole rings is 2. The van der Waals surface area contributed by atoms with E-state index in [1.54, 1.807) is 57.3 Å². The number of thioether (sulfide) groups is 2. The number of hydrogen-bond acceptors (Lipinski definition) is 17. The molecule has 0 bridgehead atoms. The molecule has 6 aromatic rings. The van der Waals surface area contributed by atoms with Gasteiger partial charge in [-0.2, -0.15) is 23.5 Å². The van der Waals surface area contributed by atoms with Crippen molar-refractivity contribution in [2.45, 2.75) is 157 Å². The number of hydrogen-bond donors (Lipinski definition) is 15. The van der Waals surface area contributed by atoms with Crippen LogP contribution >= 0.6 is 23.5 Å². The summed E-state index contributed by atoms with van der Waals surface area (Å²) in [7, 11) is 0. The van der Waals surface area contributed by atoms with Gasteiger partial charge in [0.15, 0.2) is 0 Å². The second-order valence-corrected chi connectivity index (χ2v) is 26.4. The van der Waals surface area contributed by atoms with Crippen molar-refractivity contribution < 1.29 is 57.5 Å². The average Bonchev–Trinajstić information content (AvgIpc) is 1.60. The highest BCUT2D eigenvalue weighted by Crippen LogP contribution is 2.24. The van der Waals surface area contributed by atoms with Crippen LogP contribution in [-0.4, -0.2) is 175 Å². The number of para-hydroxylation sites is 1. The fraction of sp³-hybridized carbons (Fsp3) is 0.435. The van der Waals surface area contributed by atoms with E-state index >= 15 is 9.59 Å². The maximum atomic E-state index is 15.1. The monoisotopic (exact) mass is 1410 g/mol. The van der Waals surface area contributed by atoms with Gasteiger partial charge < -0.3 is 84.3 Å². The quantitative estimate of drug-likeness (QED) is 0.0161. The first kappa shape index (κ1) is 77.3. The van der Waals surface area contributed by atoms with Gasteiger partial charge in [0.25, 0.3) is 0 Å². The molecule has 0 spiro atoms. The predicted molar refractivity (Wildman–Crippen MR) is 377 cm³/mol. The number of H-pyrrole nitrogens is 3. The zero-order chi connectivity index (χ0) is 72.1. The van der Waals surface area contributed by atoms with Crippen LogP contribution in [0.4, 0.5) is 0 Å². The van der Waals surface area contributed by atoms with Gasteiger partial charge >= 0.3 is 0 Å². The summed E-state index contributed by atoms with van der Waals surface area (Å²) in [5.41, 5.74) is 16.1. The van der Waals surface area contributed by atoms with Crippen molar-refractivity contribution in [3.05, 3.63) is 144 Å². The molecule has 7 rings (SSSR count). The Bertz CT molecular complexity index is 3770. The molecule has 3 aromatic carbocycles. The van der Waals surface area contributed by atoms with Crippen molar-refractivity contribution in [3.8, 4) is 12.3 Å². The molecule has 4 heterocycles. The van der Waals surface area contributed by atoms with Crippen LogP contribution in [-0.2, 0) is 94.7 Å². The van der Waals surface area contributed by atoms with Crippen LogP contribution in [0.3, 0.4) is 0 Å². The average molecular weight is 1410 g/mol. The number of ether oxygens (including phenoxy) is 1. The summed E-state index contributed by atoms with van der Waals surface area (Å²) in [5.74, 6) is -5.65. The fourth-order valence-corrected chi connectivity index (χ4v) is 13.1. The summed E-state index contributed by atoms with van der Waals surface area (Å²) < 4.78 is 5.36. The van der Waals surface area contributed by atoms with Gasteiger partial charge in [0.05, 0.1) is 26.0 Å². The molecule has 0 radical (unpaired) electrons. The molecule has 0 aliphatic carbocycles. The summed E-state index contributed by atoms with van der Waals surface area (Å²) in [5, 5.41) is 28.4. The Morgan fingerprint density at radius 2 is 1.24 bits per heavy atom. The number of fused-ring (bicyclic) bond motifs is 2. The summed E-state index contributed by atoms with van der Waals surface area (Å²) >= 11 is 2.62. The lowest BCUT2D eigenvalue weighted by molar-refractivity contribution is -0.136. The lowest BCUT2D eigenvalue weighted by atomic mass is 10.0. The molecule has 100 heavy (non-hydrogen) atoms. The van der Waals surface area contributed by atoms with Crippen molar-refractivity contribution in [1.29, 1.82) is 0 Å². The van der Waals surface area contributed by atoms with Crippen molar-refractivity contribution in [3.63, 3.8) is 0 Å². The molecule has 1 aliphatic heterocycles. The molecular formula is C69H89N17O12S2. The number of aromatic nitrogens is 5. The number of primary amides is 1. The first-order valence-electron chi connectivity index (χ1n) is 32.9. The minimum absolute atomic E-state index is 0.0128. The first-order valence-corrected chi connectivity index (χ1v) is 35.2. The minimum Gasteiger partial charge on any atom is -0.368 e. The molecule has 534 valence electrons. The highest BCUT2D eigenvalue weighted by Gasteiger charge is 2.37. The molecule has 17 N–H and O–H groups in total. The Kier molecular flexibility index (Phi) is 30.6. The predicted octanol–water partition coefficient (Wildman–Crippen LogP) is 0.610. The van der Waals surface area contributed by atoms with Crippen LogP contribution in [0, 0.1) is 18.3 Å². The number of terminal acetylenes is 1. The minimum atomic E-state index is -1.44. The Hall–Kier alpha value is -10.0. The van der Waals surface area contributed by atoms with E-state index in [2.05, 4.69) is 84.0 Å². The number of carbonyl (C=O) groups is 11. The number of rotatable bonds is 31. The van der Waals surface area contributed by atoms with E-state index in [1.807, 2.05) is 48.5 Å². The van der Waals surface area contributed by atoms with Crippen LogP contribution in [0.15, 0.2) is 110 Å². The van der Waals surface area contributed by atoms with E-state index in [-0.39, 0.29) is 76.2 Å². The molecule has 1 aliphatic rings. The van der Waals surface area contributed by atoms with E-state index < -0.39 is 131 Å². The lowest BCUT2D eigenvalue weighted by Gasteiger charge is -2.28. The van der Waals surface area contributed by atoms with Gasteiger partial charge in [-0.15, -0.1) is 12.3 Å². The summed E-state index contributed by atoms with van der Waals surface area (Å²) in [6.07, 6.45) is 12.9. The highest BCUT2D eigenvalue weighted by atomic mass is 32.2. The van der Waals surface area contributed by atoms with Crippen molar-refractivity contribution >= 4 is 99.4 Å². The normalized spacial score (nSPS) is 18.0. The highest BCUT2D eigenvalue weighted by molar-refractivity contribution is 7.99. The smallest absolute Gasteiger partial charge is 0.244 e. The van der Waals surface area contributed by atoms with Gasteiger partial charge in [0.1, 0.15) is 60.4 Å². The Balaban J connectivity index is 1.13. The van der Waals surface area contributed by atoms with Crippen LogP contribution in [0.2, 0.25) is 0 Å². The van der Waals surface area contributed by atoms with Crippen molar-refractivity contribution in [1.82, 2.24) is 78.1 Å². The van der Waals surface area contributed by atoms with Crippen LogP contribution in [0.1, 0.15) is 93.4 Å². The third-order valence-electron chi connectivity index (χ3n) is 16.4. The molecule has 3 aromatic heterocycles. The summed E-state index contributed by atoms with van der Waals surface area (Å²) in [6.45, 7) is 6.32. The van der Waals surface area contributed by atoms with E-state index in [0.717, 1.165) is 22.0 Å². The van der Waals surface area contributed by atoms with Gasteiger partial charge in [-0.25, -0.2) is 9.97 Å². The largest absolute Gasteiger partial charge is 0.368 e. The zero-order valence-electron chi connectivity index (χ0n) is 56.2. The molecular weight excluding hydrogens is 1320 g/mol. The Labute approximate surface area is 587 Å². The maximum Gasteiger partial charge on any atom is 0.244 e. The topological polar surface area (TPSA) is 442 Å². The molecule has 0 saturated heterocycles. The number of carbonyl (C=O) groups excluding carboxylic acids is 11. The molecule has 0 unspecified atom stereocenters. The van der Waals surface area contributed by atoms with E-state index in [0.29, 0.717) is 40.4 Å². The van der Waals surface area contributed by atoms with Crippen LogP contribution in [0.5, 0.6) is 0 Å². The Morgan fingerprint density at radius 3 is 1.85 bits per heavy atom. The standard InChI is InChI=1S/C69H89N17O12S2/c1-6-8-23-58(87)86-59(40(3)4)69(97)85-57-36-100-34-44-20-13-12-19-43(44)33-99-35-56(84-61(89)41(5)77-62(90)51(79-67(57)95)24-25-98-37-70)68(96)81-53(26-42-17-10-9-11-18-42)64(92)83-55(29-47-32-73-39-76-47)66(94)78-50(16-7-2)63(91)82-54(27-45-30-74-49-22-15-14-21-48(45)49)65(93)80-52(60(71)88)28-46-31-72-38-75-46/h1,9-15,17-22,30-32,38-41,50-57,59,74H,7-8,16,23-29,33-37,70H2,2-5H3,(H2,71,88)(H,72,75)(H,73,76)(H,77,90)(H,78,94)(H,79,95)(H,80,93)(H,81,96)(H,82,91)(H,83,92)(H,84,89)(H,85,97)(H,86,87)/t41-,50-,51-,52-,53-,54-,55-,56+,57+,59-/m0/s1. The van der Waals surface area contributed by atoms with Gasteiger partial charge in [-0.3, -0.25) is 52.7 Å².